The van der Waals surface area contributed by atoms with E-state index in [1.54, 1.807) is 16.9 Å². The lowest BCUT2D eigenvalue weighted by Crippen LogP contribution is -2.67. The van der Waals surface area contributed by atoms with Crippen molar-refractivity contribution in [3.8, 4) is 0 Å². The Labute approximate surface area is 143 Å². The van der Waals surface area contributed by atoms with E-state index in [0.717, 1.165) is 32.0 Å². The second-order valence-corrected chi connectivity index (χ2v) is 7.67. The van der Waals surface area contributed by atoms with E-state index in [-0.39, 0.29) is 17.6 Å². The van der Waals surface area contributed by atoms with E-state index in [0.29, 0.717) is 18.8 Å². The topological polar surface area (TPSA) is 56.6 Å². The summed E-state index contributed by atoms with van der Waals surface area (Å²) in [5.41, 5.74) is 0.320. The van der Waals surface area contributed by atoms with Crippen molar-refractivity contribution in [3.63, 3.8) is 0 Å². The molecule has 1 saturated carbocycles. The maximum Gasteiger partial charge on any atom is 0.274 e. The van der Waals surface area contributed by atoms with Gasteiger partial charge in [0.25, 0.3) is 5.91 Å². The molecule has 0 bridgehead atoms. The number of likely N-dealkylation sites (tertiary alicyclic amines) is 1. The number of aromatic nitrogens is 2. The number of hydrogen-bond acceptors (Lipinski definition) is 4. The van der Waals surface area contributed by atoms with Gasteiger partial charge < -0.3 is 14.4 Å². The molecule has 1 atom stereocenters. The molecule has 1 aromatic rings. The van der Waals surface area contributed by atoms with E-state index >= 15 is 0 Å². The van der Waals surface area contributed by atoms with Gasteiger partial charge in [-0.2, -0.15) is 5.10 Å². The molecule has 1 aliphatic carbocycles. The second kappa shape index (κ2) is 6.48. The summed E-state index contributed by atoms with van der Waals surface area (Å²) in [7, 11) is 1.82. The molecule has 1 spiro atoms. The Morgan fingerprint density at radius 3 is 2.88 bits per heavy atom. The van der Waals surface area contributed by atoms with Crippen molar-refractivity contribution < 1.29 is 14.3 Å². The van der Waals surface area contributed by atoms with Crippen LogP contribution >= 0.6 is 0 Å². The van der Waals surface area contributed by atoms with Crippen molar-refractivity contribution in [2.24, 2.45) is 13.0 Å². The fourth-order valence-corrected chi connectivity index (χ4v) is 4.28. The van der Waals surface area contributed by atoms with Crippen LogP contribution in [0.4, 0.5) is 0 Å². The van der Waals surface area contributed by atoms with Crippen molar-refractivity contribution in [2.45, 2.75) is 50.2 Å². The van der Waals surface area contributed by atoms with Crippen LogP contribution in [0.15, 0.2) is 12.3 Å². The normalized spacial score (nSPS) is 26.7. The molecule has 24 heavy (non-hydrogen) atoms. The molecule has 3 aliphatic rings. The predicted octanol–water partition coefficient (Wildman–Crippen LogP) is 2.00. The third-order valence-electron chi connectivity index (χ3n) is 5.67. The fourth-order valence-electron chi connectivity index (χ4n) is 4.28. The van der Waals surface area contributed by atoms with E-state index in [9.17, 15) is 4.79 Å². The van der Waals surface area contributed by atoms with Crippen molar-refractivity contribution in [1.29, 1.82) is 0 Å². The quantitative estimate of drug-likeness (QED) is 0.846. The Morgan fingerprint density at radius 1 is 1.38 bits per heavy atom. The Bertz CT molecular complexity index is 588. The monoisotopic (exact) mass is 333 g/mol. The number of hydrogen-bond donors (Lipinski definition) is 0. The molecule has 2 aliphatic heterocycles. The predicted molar refractivity (Wildman–Crippen MR) is 88.7 cm³/mol. The molecule has 0 radical (unpaired) electrons. The lowest BCUT2D eigenvalue weighted by atomic mass is 9.84. The maximum absolute atomic E-state index is 12.4. The SMILES string of the molecule is Cn1ccc(C(=O)N2CC3(C[C@@H](OCC4CCCC4)CCO3)C2)n1. The van der Waals surface area contributed by atoms with Crippen LogP contribution < -0.4 is 0 Å². The van der Waals surface area contributed by atoms with Crippen molar-refractivity contribution in [2.75, 3.05) is 26.3 Å². The van der Waals surface area contributed by atoms with Crippen LogP contribution in [0.1, 0.15) is 49.0 Å². The Kier molecular flexibility index (Phi) is 4.35. The van der Waals surface area contributed by atoms with Crippen LogP contribution in [-0.2, 0) is 16.5 Å². The minimum absolute atomic E-state index is 0.00109. The zero-order chi connectivity index (χ0) is 16.6. The van der Waals surface area contributed by atoms with E-state index in [1.165, 1.54) is 25.7 Å². The molecule has 0 aromatic carbocycles. The Morgan fingerprint density at radius 2 is 2.17 bits per heavy atom. The lowest BCUT2D eigenvalue weighted by molar-refractivity contribution is -0.187. The van der Waals surface area contributed by atoms with E-state index < -0.39 is 0 Å². The number of amides is 1. The summed E-state index contributed by atoms with van der Waals surface area (Å²) >= 11 is 0. The molecule has 4 rings (SSSR count). The van der Waals surface area contributed by atoms with E-state index in [2.05, 4.69) is 5.10 Å². The minimum atomic E-state index is -0.191. The highest BCUT2D eigenvalue weighted by atomic mass is 16.5. The Hall–Kier alpha value is -1.40. The fraction of sp³-hybridized carbons (Fsp3) is 0.778. The van der Waals surface area contributed by atoms with Gasteiger partial charge in [0.15, 0.2) is 0 Å². The minimum Gasteiger partial charge on any atom is -0.378 e. The summed E-state index contributed by atoms with van der Waals surface area (Å²) in [5, 5.41) is 4.20. The van der Waals surface area contributed by atoms with Gasteiger partial charge >= 0.3 is 0 Å². The summed E-state index contributed by atoms with van der Waals surface area (Å²) in [4.78, 5) is 14.2. The number of carbonyl (C=O) groups excluding carboxylic acids is 1. The van der Waals surface area contributed by atoms with Gasteiger partial charge in [0.2, 0.25) is 0 Å². The first-order valence-corrected chi connectivity index (χ1v) is 9.18. The first-order chi connectivity index (χ1) is 11.6. The maximum atomic E-state index is 12.4. The van der Waals surface area contributed by atoms with Gasteiger partial charge in [0.05, 0.1) is 19.2 Å². The van der Waals surface area contributed by atoms with E-state index in [1.807, 2.05) is 11.9 Å². The van der Waals surface area contributed by atoms with Gasteiger partial charge in [0, 0.05) is 32.9 Å². The molecule has 6 heteroatoms. The summed E-state index contributed by atoms with van der Waals surface area (Å²) in [6.07, 6.45) is 9.32. The van der Waals surface area contributed by atoms with Crippen LogP contribution in [0.25, 0.3) is 0 Å². The number of aryl methyl sites for hydroxylation is 1. The van der Waals surface area contributed by atoms with Crippen LogP contribution in [0, 0.1) is 5.92 Å². The van der Waals surface area contributed by atoms with Crippen LogP contribution in [-0.4, -0.2) is 58.6 Å². The van der Waals surface area contributed by atoms with Crippen molar-refractivity contribution in [3.05, 3.63) is 18.0 Å². The van der Waals surface area contributed by atoms with Gasteiger partial charge in [-0.3, -0.25) is 9.48 Å². The number of nitrogens with zero attached hydrogens (tertiary/aromatic N) is 3. The molecular formula is C18H27N3O3. The molecule has 3 fully saturated rings. The van der Waals surface area contributed by atoms with Gasteiger partial charge in [-0.05, 0) is 31.2 Å². The Balaban J connectivity index is 1.28. The molecule has 6 nitrogen and oxygen atoms in total. The molecule has 0 unspecified atom stereocenters. The molecule has 1 amide bonds. The molecule has 2 saturated heterocycles. The highest BCUT2D eigenvalue weighted by Crippen LogP contribution is 2.36. The smallest absolute Gasteiger partial charge is 0.274 e. The summed E-state index contributed by atoms with van der Waals surface area (Å²) in [6, 6.07) is 1.77. The standard InChI is InChI=1S/C18H27N3O3/c1-20-8-6-16(19-20)17(22)21-12-18(13-21)10-15(7-9-24-18)23-11-14-4-2-3-5-14/h6,8,14-15H,2-5,7,9-13H2,1H3/t15-/m0/s1. The first kappa shape index (κ1) is 16.1. The molecule has 3 heterocycles. The summed E-state index contributed by atoms with van der Waals surface area (Å²) in [5.74, 6) is 0.756. The highest BCUT2D eigenvalue weighted by Gasteiger charge is 2.50. The number of ether oxygens (including phenoxy) is 2. The molecule has 1 aromatic heterocycles. The summed E-state index contributed by atoms with van der Waals surface area (Å²) < 4.78 is 13.9. The van der Waals surface area contributed by atoms with Crippen molar-refractivity contribution in [1.82, 2.24) is 14.7 Å². The van der Waals surface area contributed by atoms with Gasteiger partial charge in [-0.15, -0.1) is 0 Å². The highest BCUT2D eigenvalue weighted by molar-refractivity contribution is 5.93. The van der Waals surface area contributed by atoms with Crippen LogP contribution in [0.2, 0.25) is 0 Å². The average molecular weight is 333 g/mol. The van der Waals surface area contributed by atoms with Crippen LogP contribution in [0.3, 0.4) is 0 Å². The largest absolute Gasteiger partial charge is 0.378 e. The van der Waals surface area contributed by atoms with Crippen molar-refractivity contribution >= 4 is 5.91 Å². The number of carbonyl (C=O) groups is 1. The van der Waals surface area contributed by atoms with E-state index in [4.69, 9.17) is 9.47 Å². The van der Waals surface area contributed by atoms with Gasteiger partial charge in [-0.1, -0.05) is 12.8 Å². The third kappa shape index (κ3) is 3.22. The van der Waals surface area contributed by atoms with Gasteiger partial charge in [0.1, 0.15) is 11.3 Å². The summed E-state index contributed by atoms with van der Waals surface area (Å²) in [6.45, 7) is 2.95. The molecular weight excluding hydrogens is 306 g/mol. The average Bonchev–Trinajstić information content (AvgIpc) is 3.21. The lowest BCUT2D eigenvalue weighted by Gasteiger charge is -2.52. The zero-order valence-corrected chi connectivity index (χ0v) is 14.4. The van der Waals surface area contributed by atoms with Gasteiger partial charge in [-0.25, -0.2) is 0 Å². The van der Waals surface area contributed by atoms with Crippen LogP contribution in [0.5, 0.6) is 0 Å². The molecule has 0 N–H and O–H groups in total. The third-order valence-corrected chi connectivity index (χ3v) is 5.67. The molecule has 132 valence electrons. The zero-order valence-electron chi connectivity index (χ0n) is 14.4. The second-order valence-electron chi connectivity index (χ2n) is 7.67. The number of rotatable bonds is 4. The first-order valence-electron chi connectivity index (χ1n) is 9.18.